The van der Waals surface area contributed by atoms with Crippen molar-refractivity contribution in [2.45, 2.75) is 56.6 Å². The van der Waals surface area contributed by atoms with Gasteiger partial charge in [-0.05, 0) is 54.2 Å². The van der Waals surface area contributed by atoms with Crippen LogP contribution in [0.1, 0.15) is 55.2 Å². The fourth-order valence-corrected chi connectivity index (χ4v) is 5.63. The Hall–Kier alpha value is -3.53. The molecular weight excluding hydrogens is 494 g/mol. The number of ether oxygens (including phenoxy) is 2. The summed E-state index contributed by atoms with van der Waals surface area (Å²) in [4.78, 5) is 48.9. The van der Waals surface area contributed by atoms with Crippen molar-refractivity contribution >= 4 is 46.3 Å². The molecule has 2 atom stereocenters. The van der Waals surface area contributed by atoms with Crippen molar-refractivity contribution in [3.63, 3.8) is 0 Å². The topological polar surface area (TPSA) is 123 Å². The first-order chi connectivity index (χ1) is 17.9. The zero-order valence-corrected chi connectivity index (χ0v) is 21.7. The summed E-state index contributed by atoms with van der Waals surface area (Å²) in [5.41, 5.74) is 3.97. The van der Waals surface area contributed by atoms with Gasteiger partial charge in [0.15, 0.2) is 0 Å². The monoisotopic (exact) mass is 525 g/mol. The number of unbranched alkanes of at least 4 members (excludes halogenated alkanes) is 2. The molecule has 0 saturated carbocycles. The van der Waals surface area contributed by atoms with E-state index >= 15 is 0 Å². The summed E-state index contributed by atoms with van der Waals surface area (Å²) in [5, 5.41) is 7.05. The van der Waals surface area contributed by atoms with Gasteiger partial charge in [0, 0.05) is 18.0 Å². The summed E-state index contributed by atoms with van der Waals surface area (Å²) in [6, 6.07) is 11.0. The molecule has 196 valence electrons. The van der Waals surface area contributed by atoms with Crippen LogP contribution in [0.2, 0.25) is 0 Å². The number of anilines is 2. The number of fused-ring (bicyclic) bond motifs is 1. The summed E-state index contributed by atoms with van der Waals surface area (Å²) in [6.45, 7) is 2.47. The fraction of sp³-hybridized carbons (Fsp3) is 0.407. The quantitative estimate of drug-likeness (QED) is 0.373. The van der Waals surface area contributed by atoms with Crippen molar-refractivity contribution in [1.82, 2.24) is 5.32 Å². The lowest BCUT2D eigenvalue weighted by Gasteiger charge is -2.28. The van der Waals surface area contributed by atoms with Gasteiger partial charge in [-0.15, -0.1) is 0 Å². The number of amides is 4. The summed E-state index contributed by atoms with van der Waals surface area (Å²) in [5.74, 6) is -0.182. The van der Waals surface area contributed by atoms with Gasteiger partial charge in [-0.2, -0.15) is 0 Å². The first-order valence-electron chi connectivity index (χ1n) is 12.4. The number of carbonyl (C=O) groups is 4. The van der Waals surface area contributed by atoms with E-state index in [9.17, 15) is 19.2 Å². The van der Waals surface area contributed by atoms with Gasteiger partial charge in [0.2, 0.25) is 11.8 Å². The third-order valence-electron chi connectivity index (χ3n) is 6.52. The van der Waals surface area contributed by atoms with E-state index in [1.165, 1.54) is 0 Å². The molecule has 10 heteroatoms. The highest BCUT2D eigenvalue weighted by molar-refractivity contribution is 8.15. The van der Waals surface area contributed by atoms with Crippen molar-refractivity contribution in [1.29, 1.82) is 0 Å². The molecule has 0 bridgehead atoms. The summed E-state index contributed by atoms with van der Waals surface area (Å²) in [7, 11) is 1.54. The maximum absolute atomic E-state index is 12.7. The van der Waals surface area contributed by atoms with E-state index in [0.29, 0.717) is 43.0 Å². The van der Waals surface area contributed by atoms with Crippen LogP contribution in [-0.4, -0.2) is 42.1 Å². The number of hydrogen-bond acceptors (Lipinski definition) is 7. The maximum Gasteiger partial charge on any atom is 0.411 e. The number of rotatable bonds is 10. The van der Waals surface area contributed by atoms with Gasteiger partial charge in [-0.25, -0.2) is 4.79 Å². The minimum absolute atomic E-state index is 0.0883. The number of nitrogens with one attached hydrogen (secondary N) is 3. The number of methoxy groups -OCH3 is 1. The lowest BCUT2D eigenvalue weighted by molar-refractivity contribution is -0.119. The minimum atomic E-state index is -0.612. The first-order valence-corrected chi connectivity index (χ1v) is 13.3. The second kappa shape index (κ2) is 12.1. The Morgan fingerprint density at radius 3 is 2.54 bits per heavy atom. The zero-order valence-electron chi connectivity index (χ0n) is 20.9. The van der Waals surface area contributed by atoms with E-state index in [0.717, 1.165) is 47.7 Å². The van der Waals surface area contributed by atoms with Crippen LogP contribution in [0, 0.1) is 0 Å². The predicted octanol–water partition coefficient (Wildman–Crippen LogP) is 5.00. The minimum Gasteiger partial charge on any atom is -0.495 e. The van der Waals surface area contributed by atoms with Crippen LogP contribution in [0.4, 0.5) is 21.0 Å². The van der Waals surface area contributed by atoms with Crippen LogP contribution < -0.4 is 20.7 Å². The average molecular weight is 526 g/mol. The van der Waals surface area contributed by atoms with Crippen molar-refractivity contribution in [3.05, 3.63) is 53.1 Å². The van der Waals surface area contributed by atoms with Gasteiger partial charge >= 0.3 is 6.09 Å². The maximum atomic E-state index is 12.7. The highest BCUT2D eigenvalue weighted by Crippen LogP contribution is 2.43. The Bertz CT molecular complexity index is 1180. The van der Waals surface area contributed by atoms with E-state index in [1.807, 2.05) is 18.2 Å². The fourth-order valence-electron chi connectivity index (χ4n) is 4.67. The lowest BCUT2D eigenvalue weighted by Crippen LogP contribution is -2.31. The standard InChI is InChI=1S/C27H31N3O6S/c1-3-4-5-14-36-26(33)28-17-8-6-16(7-9-17)15-20(24-25(32)30-27(34)37-24)18-10-12-21(35-2)23-19(18)11-13-22(31)29-23/h6-10,12,20,24H,3-5,11,13-15H2,1-2H3,(H,28,33)(H,29,31)(H,30,32,34). The number of imide groups is 1. The molecule has 0 radical (unpaired) electrons. The van der Waals surface area contributed by atoms with Crippen LogP contribution in [0.3, 0.4) is 0 Å². The zero-order chi connectivity index (χ0) is 26.4. The SMILES string of the molecule is CCCCCOC(=O)Nc1ccc(CC(c2ccc(OC)c3c2CCC(=O)N3)C2SC(=O)NC2=O)cc1. The molecule has 1 saturated heterocycles. The molecule has 9 nitrogen and oxygen atoms in total. The normalized spacial score (nSPS) is 17.5. The van der Waals surface area contributed by atoms with Gasteiger partial charge in [0.1, 0.15) is 11.0 Å². The molecule has 2 heterocycles. The van der Waals surface area contributed by atoms with Crippen molar-refractivity contribution < 1.29 is 28.7 Å². The number of hydrogen-bond donors (Lipinski definition) is 3. The van der Waals surface area contributed by atoms with Crippen LogP contribution in [0.25, 0.3) is 0 Å². The molecule has 2 unspecified atom stereocenters. The molecular formula is C27H31N3O6S. The molecule has 0 spiro atoms. The molecule has 37 heavy (non-hydrogen) atoms. The third-order valence-corrected chi connectivity index (χ3v) is 7.63. The number of benzene rings is 2. The Labute approximate surface area is 220 Å². The molecule has 0 aromatic heterocycles. The molecule has 4 amide bonds. The van der Waals surface area contributed by atoms with E-state index in [4.69, 9.17) is 9.47 Å². The first kappa shape index (κ1) is 26.5. The second-order valence-electron chi connectivity index (χ2n) is 9.05. The molecule has 2 aromatic carbocycles. The summed E-state index contributed by atoms with van der Waals surface area (Å²) < 4.78 is 10.7. The second-order valence-corrected chi connectivity index (χ2v) is 10.2. The largest absolute Gasteiger partial charge is 0.495 e. The molecule has 1 fully saturated rings. The molecule has 3 N–H and O–H groups in total. The Morgan fingerprint density at radius 1 is 1.08 bits per heavy atom. The van der Waals surface area contributed by atoms with Crippen molar-refractivity contribution in [2.75, 3.05) is 24.4 Å². The number of thioether (sulfide) groups is 1. The Kier molecular flexibility index (Phi) is 8.70. The Balaban J connectivity index is 1.56. The van der Waals surface area contributed by atoms with Gasteiger partial charge in [-0.3, -0.25) is 25.0 Å². The van der Waals surface area contributed by atoms with Gasteiger partial charge in [0.25, 0.3) is 5.24 Å². The van der Waals surface area contributed by atoms with Crippen molar-refractivity contribution in [3.8, 4) is 5.75 Å². The van der Waals surface area contributed by atoms with Crippen LogP contribution in [0.5, 0.6) is 5.75 Å². The van der Waals surface area contributed by atoms with Crippen LogP contribution in [0.15, 0.2) is 36.4 Å². The van der Waals surface area contributed by atoms with E-state index in [-0.39, 0.29) is 23.0 Å². The summed E-state index contributed by atoms with van der Waals surface area (Å²) in [6.07, 6.45) is 3.72. The van der Waals surface area contributed by atoms with E-state index in [1.54, 1.807) is 25.3 Å². The third kappa shape index (κ3) is 6.43. The number of carbonyl (C=O) groups excluding carboxylic acids is 4. The van der Waals surface area contributed by atoms with E-state index in [2.05, 4.69) is 22.9 Å². The van der Waals surface area contributed by atoms with Crippen molar-refractivity contribution in [2.24, 2.45) is 0 Å². The molecule has 0 aliphatic carbocycles. The summed E-state index contributed by atoms with van der Waals surface area (Å²) >= 11 is 0.988. The Morgan fingerprint density at radius 2 is 1.86 bits per heavy atom. The smallest absolute Gasteiger partial charge is 0.411 e. The predicted molar refractivity (Wildman–Crippen MR) is 142 cm³/mol. The van der Waals surface area contributed by atoms with Crippen LogP contribution >= 0.6 is 11.8 Å². The average Bonchev–Trinajstić information content (AvgIpc) is 3.23. The molecule has 2 aliphatic rings. The van der Waals surface area contributed by atoms with E-state index < -0.39 is 11.3 Å². The highest BCUT2D eigenvalue weighted by atomic mass is 32.2. The molecule has 2 aromatic rings. The van der Waals surface area contributed by atoms with Gasteiger partial charge < -0.3 is 14.8 Å². The molecule has 4 rings (SSSR count). The van der Waals surface area contributed by atoms with Crippen LogP contribution in [-0.2, 0) is 27.2 Å². The lowest BCUT2D eigenvalue weighted by atomic mass is 9.83. The highest BCUT2D eigenvalue weighted by Gasteiger charge is 2.40. The molecule has 2 aliphatic heterocycles. The van der Waals surface area contributed by atoms with Gasteiger partial charge in [-0.1, -0.05) is 49.7 Å². The van der Waals surface area contributed by atoms with Gasteiger partial charge in [0.05, 0.1) is 19.4 Å².